The maximum absolute atomic E-state index is 10.1. The van der Waals surface area contributed by atoms with E-state index in [1.165, 1.54) is 0 Å². The van der Waals surface area contributed by atoms with Gasteiger partial charge in [-0.15, -0.1) is 6.58 Å². The van der Waals surface area contributed by atoms with E-state index in [1.807, 2.05) is 6.08 Å². The molecule has 2 N–H and O–H groups in total. The Hall–Kier alpha value is -0.106. The minimum atomic E-state index is -3.44. The van der Waals surface area contributed by atoms with E-state index in [-0.39, 0.29) is 0 Å². The standard InChI is InChI=1S/C13H30O8Si5/c1-6-7-8-9-10-11-12-22-13-16-26(17-13,21-25(4,5)15)20-23(18-22)19-24(2,3)14/h6,14-15,23H,1,7-12H2,2-5H3. The van der Waals surface area contributed by atoms with E-state index in [4.69, 9.17) is 25.3 Å². The van der Waals surface area contributed by atoms with Gasteiger partial charge in [0.15, 0.2) is 0 Å². The molecule has 1 unspecified atom stereocenters. The third kappa shape index (κ3) is 7.14. The number of hydrogen-bond donors (Lipinski definition) is 2. The van der Waals surface area contributed by atoms with Crippen LogP contribution in [-0.2, 0) is 25.3 Å². The molecule has 26 heavy (non-hydrogen) atoms. The molecule has 13 heteroatoms. The average Bonchev–Trinajstić information content (AvgIpc) is 2.64. The van der Waals surface area contributed by atoms with Gasteiger partial charge in [-0.05, 0) is 51.5 Å². The molecule has 2 bridgehead atoms. The second-order valence-electron chi connectivity index (χ2n) is 7.29. The first kappa shape index (κ1) is 22.2. The Labute approximate surface area is 162 Å². The molecule has 150 valence electrons. The Morgan fingerprint density at radius 1 is 1.12 bits per heavy atom. The van der Waals surface area contributed by atoms with Crippen LogP contribution in [0.3, 0.4) is 0 Å². The number of hydrogen-bond acceptors (Lipinski definition) is 8. The van der Waals surface area contributed by atoms with Crippen molar-refractivity contribution in [2.45, 2.75) is 64.3 Å². The average molecular weight is 455 g/mol. The summed E-state index contributed by atoms with van der Waals surface area (Å²) in [6.07, 6.45) is 7.37. The summed E-state index contributed by atoms with van der Waals surface area (Å²) >= 11 is 0. The highest BCUT2D eigenvalue weighted by molar-refractivity contribution is 6.87. The molecular weight excluding hydrogens is 425 g/mol. The Bertz CT molecular complexity index is 522. The normalized spacial score (nSPS) is 25.5. The lowest BCUT2D eigenvalue weighted by atomic mass is 10.1. The molecule has 3 rings (SSSR count). The lowest BCUT2D eigenvalue weighted by molar-refractivity contribution is 0.0416. The van der Waals surface area contributed by atoms with Crippen LogP contribution in [0.5, 0.6) is 0 Å². The van der Waals surface area contributed by atoms with E-state index in [0.29, 0.717) is 5.54 Å². The SMILES string of the molecule is C=CCCCCCC[Si]1=C2O[Si](O[Si](C)(C)O)(O2)O[SiH](O[Si](C)(C)O)O1. The lowest BCUT2D eigenvalue weighted by Crippen LogP contribution is -2.66. The van der Waals surface area contributed by atoms with Gasteiger partial charge in [0, 0.05) is 0 Å². The molecule has 0 aromatic carbocycles. The molecule has 1 fully saturated rings. The monoisotopic (exact) mass is 454 g/mol. The number of rotatable bonds is 11. The van der Waals surface area contributed by atoms with E-state index in [0.717, 1.165) is 38.1 Å². The van der Waals surface area contributed by atoms with E-state index >= 15 is 0 Å². The Morgan fingerprint density at radius 2 is 1.77 bits per heavy atom. The van der Waals surface area contributed by atoms with E-state index in [9.17, 15) is 9.59 Å². The van der Waals surface area contributed by atoms with Gasteiger partial charge in [-0.25, -0.2) is 0 Å². The van der Waals surface area contributed by atoms with Crippen molar-refractivity contribution in [3.8, 4) is 0 Å². The molecule has 3 heterocycles. The van der Waals surface area contributed by atoms with Crippen molar-refractivity contribution < 1.29 is 34.9 Å². The number of fused-ring (bicyclic) bond motifs is 3. The molecule has 0 spiro atoms. The predicted molar refractivity (Wildman–Crippen MR) is 108 cm³/mol. The van der Waals surface area contributed by atoms with Crippen LogP contribution in [0.25, 0.3) is 0 Å². The van der Waals surface area contributed by atoms with Crippen molar-refractivity contribution in [2.75, 3.05) is 0 Å². The molecule has 8 nitrogen and oxygen atoms in total. The smallest absolute Gasteiger partial charge is 0.565 e. The van der Waals surface area contributed by atoms with Crippen molar-refractivity contribution in [1.82, 2.24) is 0 Å². The summed E-state index contributed by atoms with van der Waals surface area (Å²) in [5.74, 6) is 0. The summed E-state index contributed by atoms with van der Waals surface area (Å²) in [4.78, 5) is 20.2. The van der Waals surface area contributed by atoms with Crippen LogP contribution in [0, 0.1) is 0 Å². The van der Waals surface area contributed by atoms with Gasteiger partial charge in [-0.1, -0.05) is 18.9 Å². The summed E-state index contributed by atoms with van der Waals surface area (Å²) < 4.78 is 34.8. The summed E-state index contributed by atoms with van der Waals surface area (Å²) in [6, 6.07) is 0.822. The highest BCUT2D eigenvalue weighted by Crippen LogP contribution is 2.31. The fourth-order valence-electron chi connectivity index (χ4n) is 2.45. The maximum Gasteiger partial charge on any atom is 0.808 e. The zero-order valence-electron chi connectivity index (χ0n) is 15.9. The maximum atomic E-state index is 10.1. The minimum Gasteiger partial charge on any atom is -0.565 e. The van der Waals surface area contributed by atoms with Crippen molar-refractivity contribution in [3.05, 3.63) is 12.7 Å². The van der Waals surface area contributed by atoms with Gasteiger partial charge >= 0.3 is 44.3 Å². The van der Waals surface area contributed by atoms with Crippen LogP contribution in [-0.4, -0.2) is 59.5 Å². The van der Waals surface area contributed by atoms with E-state index in [2.05, 4.69) is 6.58 Å². The first-order chi connectivity index (χ1) is 12.0. The molecule has 3 aliphatic heterocycles. The number of unbranched alkanes of at least 4 members (excludes halogenated alkanes) is 4. The molecule has 1 saturated heterocycles. The Kier molecular flexibility index (Phi) is 7.62. The van der Waals surface area contributed by atoms with Crippen LogP contribution in [0.2, 0.25) is 32.2 Å². The largest absolute Gasteiger partial charge is 0.808 e. The molecule has 0 saturated carbocycles. The molecule has 0 amide bonds. The molecule has 3 aliphatic rings. The van der Waals surface area contributed by atoms with Gasteiger partial charge in [0.05, 0.1) is 0 Å². The van der Waals surface area contributed by atoms with Gasteiger partial charge < -0.3 is 34.9 Å². The first-order valence-corrected chi connectivity index (χ1v) is 19.3. The second-order valence-corrected chi connectivity index (χ2v) is 20.5. The van der Waals surface area contributed by atoms with E-state index < -0.39 is 44.3 Å². The highest BCUT2D eigenvalue weighted by Gasteiger charge is 2.68. The molecule has 0 aromatic rings. The predicted octanol–water partition coefficient (Wildman–Crippen LogP) is 1.45. The molecule has 0 radical (unpaired) electrons. The zero-order valence-corrected chi connectivity index (χ0v) is 21.1. The summed E-state index contributed by atoms with van der Waals surface area (Å²) in [7, 11) is -13.4. The quantitative estimate of drug-likeness (QED) is 0.275. The summed E-state index contributed by atoms with van der Waals surface area (Å²) in [5, 5.41) is 0. The number of allylic oxidation sites excluding steroid dienone is 1. The van der Waals surface area contributed by atoms with Crippen molar-refractivity contribution in [2.24, 2.45) is 0 Å². The highest BCUT2D eigenvalue weighted by atomic mass is 28.5. The van der Waals surface area contributed by atoms with Crippen molar-refractivity contribution in [3.63, 3.8) is 0 Å². The summed E-state index contributed by atoms with van der Waals surface area (Å²) in [5.41, 5.74) is 0.446. The van der Waals surface area contributed by atoms with Gasteiger partial charge in [-0.3, -0.25) is 0 Å². The van der Waals surface area contributed by atoms with Gasteiger partial charge in [0.25, 0.3) is 5.54 Å². The van der Waals surface area contributed by atoms with Crippen molar-refractivity contribution in [1.29, 1.82) is 0 Å². The van der Waals surface area contributed by atoms with Gasteiger partial charge in [0.1, 0.15) is 0 Å². The third-order valence-corrected chi connectivity index (χ3v) is 16.1. The molecular formula is C13H30O8Si5. The van der Waals surface area contributed by atoms with Crippen molar-refractivity contribution >= 4 is 49.9 Å². The van der Waals surface area contributed by atoms with Gasteiger partial charge in [0.2, 0.25) is 0 Å². The van der Waals surface area contributed by atoms with Crippen LogP contribution in [0.1, 0.15) is 32.1 Å². The fourth-order valence-corrected chi connectivity index (χ4v) is 15.6. The van der Waals surface area contributed by atoms with Crippen LogP contribution in [0.4, 0.5) is 0 Å². The van der Waals surface area contributed by atoms with E-state index in [1.54, 1.807) is 26.2 Å². The molecule has 0 aliphatic carbocycles. The Morgan fingerprint density at radius 3 is 2.35 bits per heavy atom. The second kappa shape index (κ2) is 8.93. The van der Waals surface area contributed by atoms with Gasteiger partial charge in [-0.2, -0.15) is 0 Å². The lowest BCUT2D eigenvalue weighted by Gasteiger charge is -2.38. The van der Waals surface area contributed by atoms with Crippen LogP contribution >= 0.6 is 0 Å². The van der Waals surface area contributed by atoms with Crippen LogP contribution < -0.4 is 0 Å². The van der Waals surface area contributed by atoms with Crippen LogP contribution in [0.15, 0.2) is 12.7 Å². The minimum absolute atomic E-state index is 0.446. The molecule has 1 atom stereocenters. The fraction of sp³-hybridized carbons (Fsp3) is 0.769. The molecule has 0 aromatic heterocycles. The first-order valence-electron chi connectivity index (χ1n) is 8.91. The Balaban J connectivity index is 1.99. The zero-order chi connectivity index (χ0) is 19.4. The summed E-state index contributed by atoms with van der Waals surface area (Å²) in [6.45, 7) is 10.3. The topological polar surface area (TPSA) is 95.8 Å². The third-order valence-electron chi connectivity index (χ3n) is 3.46.